The van der Waals surface area contributed by atoms with E-state index in [1.165, 1.54) is 39.0 Å². The molecule has 6 atom stereocenters. The van der Waals surface area contributed by atoms with Gasteiger partial charge in [-0.25, -0.2) is 10.4 Å². The van der Waals surface area contributed by atoms with Gasteiger partial charge in [-0.2, -0.15) is 13.2 Å². The lowest BCUT2D eigenvalue weighted by Gasteiger charge is -2.37. The standard InChI is InChI=1S/C49H60F3IN8O7S/c1-9-39(62)59-19-16-30(23-59)45(64)58(7)41(27(2)3)44(63)56-43(53)33-21-38-55-36(24-69-38)29-14-15-37-32(20-29)34(22-48(5,6)26-68-47(66)35-13-11-18-61(57-35)46(33)65)42(60(37)25-49(50,51)52)31-12-10-17-54-40(31)28(4)67-8/h9-10,12,14-15,17,20,24,27-28,30,33,35,41,43,57H,1,11,13,16,18-19,21-23,25-26H2,2-8H3,(H,56,63)/t28-,30-,33?,35-,41-,43-/m0/s1. The van der Waals surface area contributed by atoms with Crippen molar-refractivity contribution in [2.24, 2.45) is 23.2 Å². The number of hydrogen-bond donors (Lipinski definition) is 2. The molecule has 6 bridgehead atoms. The van der Waals surface area contributed by atoms with Crippen LogP contribution in [0.1, 0.15) is 76.3 Å². The first-order valence-corrected chi connectivity index (χ1v) is 25.2. The summed E-state index contributed by atoms with van der Waals surface area (Å²) in [6.07, 6.45) is -0.747. The normalized spacial score (nSPS) is 21.4. The molecule has 6 heterocycles. The molecule has 0 radical (unpaired) electrons. The van der Waals surface area contributed by atoms with Crippen molar-refractivity contribution in [1.82, 2.24) is 40.1 Å². The molecular weight excluding hydrogens is 1030 g/mol. The van der Waals surface area contributed by atoms with Crippen LogP contribution in [0.4, 0.5) is 13.2 Å². The number of hydrogen-bond acceptors (Lipinski definition) is 11. The number of likely N-dealkylation sites (tertiary alicyclic amines) is 1. The number of fused-ring (bicyclic) bond motifs is 6. The van der Waals surface area contributed by atoms with E-state index in [0.717, 1.165) is 0 Å². The maximum Gasteiger partial charge on any atom is 0.406 e. The second-order valence-electron chi connectivity index (χ2n) is 19.3. The Labute approximate surface area is 417 Å². The molecule has 0 saturated carbocycles. The fourth-order valence-electron chi connectivity index (χ4n) is 9.68. The lowest BCUT2D eigenvalue weighted by Crippen LogP contribution is -2.59. The number of alkyl halides is 4. The fourth-order valence-corrected chi connectivity index (χ4v) is 11.4. The molecule has 20 heteroatoms. The van der Waals surface area contributed by atoms with Gasteiger partial charge in [0.2, 0.25) is 23.6 Å². The molecule has 4 amide bonds. The van der Waals surface area contributed by atoms with Gasteiger partial charge in [-0.05, 0) is 74.4 Å². The van der Waals surface area contributed by atoms with Crippen LogP contribution >= 0.6 is 33.9 Å². The summed E-state index contributed by atoms with van der Waals surface area (Å²) in [6, 6.07) is 6.90. The SMILES string of the molecule is C=CC(=O)N1CC[C@H](C(=O)N(C)[C@H](C(=O)N[C@H](I)C2Cc3nc(cs3)-c3ccc4c(c3)c(c(-c3cccnc3[C@H](C)OC)n4CC(F)(F)F)CC(C)(C)COC(=O)[C@@H]3CCCN(N3)C2=O)C(C)C)C1. The van der Waals surface area contributed by atoms with Crippen molar-refractivity contribution in [1.29, 1.82) is 0 Å². The van der Waals surface area contributed by atoms with Crippen molar-refractivity contribution in [3.05, 3.63) is 70.8 Å². The predicted molar refractivity (Wildman–Crippen MR) is 263 cm³/mol. The average Bonchev–Trinajstić information content (AvgIpc) is 4.07. The number of nitrogens with zero attached hydrogens (tertiary/aromatic N) is 6. The quantitative estimate of drug-likeness (QED) is 0.0513. The van der Waals surface area contributed by atoms with Crippen molar-refractivity contribution in [3.63, 3.8) is 0 Å². The van der Waals surface area contributed by atoms with Crippen LogP contribution in [0.25, 0.3) is 33.4 Å². The number of benzene rings is 1. The number of amides is 4. The Morgan fingerprint density at radius 2 is 1.91 bits per heavy atom. The number of aromatic nitrogens is 3. The van der Waals surface area contributed by atoms with Crippen LogP contribution in [0, 0.1) is 23.2 Å². The van der Waals surface area contributed by atoms with Gasteiger partial charge < -0.3 is 29.2 Å². The second kappa shape index (κ2) is 21.2. The second-order valence-corrected chi connectivity index (χ2v) is 21.6. The van der Waals surface area contributed by atoms with Gasteiger partial charge in [0.15, 0.2) is 0 Å². The molecule has 1 aromatic carbocycles. The molecule has 0 spiro atoms. The van der Waals surface area contributed by atoms with Gasteiger partial charge in [0.1, 0.15) is 18.6 Å². The summed E-state index contributed by atoms with van der Waals surface area (Å²) >= 11 is 3.35. The molecule has 4 aromatic rings. The van der Waals surface area contributed by atoms with E-state index in [-0.39, 0.29) is 56.2 Å². The highest BCUT2D eigenvalue weighted by atomic mass is 127. The van der Waals surface area contributed by atoms with E-state index < -0.39 is 64.1 Å². The van der Waals surface area contributed by atoms with Crippen LogP contribution < -0.4 is 10.7 Å². The first kappa shape index (κ1) is 51.9. The molecule has 7 rings (SSSR count). The summed E-state index contributed by atoms with van der Waals surface area (Å²) in [6.45, 7) is 12.3. The zero-order valence-corrected chi connectivity index (χ0v) is 42.9. The smallest absolute Gasteiger partial charge is 0.406 e. The summed E-state index contributed by atoms with van der Waals surface area (Å²) in [4.78, 5) is 81.6. The predicted octanol–water partition coefficient (Wildman–Crippen LogP) is 7.27. The molecule has 2 fully saturated rings. The third-order valence-corrected chi connectivity index (χ3v) is 15.3. The van der Waals surface area contributed by atoms with Gasteiger partial charge in [0, 0.05) is 79.2 Å². The Morgan fingerprint density at radius 1 is 1.16 bits per heavy atom. The number of hydrazine groups is 1. The molecule has 3 aliphatic rings. The number of likely N-dealkylation sites (N-methyl/N-ethyl adjacent to an activating group) is 1. The monoisotopic (exact) mass is 1090 g/mol. The van der Waals surface area contributed by atoms with Crippen LogP contribution in [0.2, 0.25) is 0 Å². The summed E-state index contributed by atoms with van der Waals surface area (Å²) in [7, 11) is 3.09. The van der Waals surface area contributed by atoms with E-state index >= 15 is 0 Å². The van der Waals surface area contributed by atoms with Crippen molar-refractivity contribution < 1.29 is 46.6 Å². The van der Waals surface area contributed by atoms with Gasteiger partial charge >= 0.3 is 12.1 Å². The Hall–Kier alpha value is -4.93. The lowest BCUT2D eigenvalue weighted by molar-refractivity contribution is -0.155. The van der Waals surface area contributed by atoms with Gasteiger partial charge in [-0.3, -0.25) is 34.0 Å². The van der Waals surface area contributed by atoms with Crippen LogP contribution in [0.3, 0.4) is 0 Å². The van der Waals surface area contributed by atoms with Crippen molar-refractivity contribution in [2.45, 2.75) is 102 Å². The number of rotatable bonds is 11. The minimum atomic E-state index is -4.59. The third-order valence-electron chi connectivity index (χ3n) is 13.2. The van der Waals surface area contributed by atoms with E-state index in [2.05, 4.69) is 22.3 Å². The zero-order valence-electron chi connectivity index (χ0n) is 39.9. The number of esters is 1. The van der Waals surface area contributed by atoms with E-state index in [0.29, 0.717) is 75.5 Å². The fraction of sp³-hybridized carbons (Fsp3) is 0.531. The van der Waals surface area contributed by atoms with Crippen molar-refractivity contribution in [3.8, 4) is 22.5 Å². The highest BCUT2D eigenvalue weighted by molar-refractivity contribution is 14.1. The van der Waals surface area contributed by atoms with Crippen LogP contribution in [0.15, 0.2) is 54.6 Å². The maximum absolute atomic E-state index is 14.7. The zero-order chi connectivity index (χ0) is 50.1. The third kappa shape index (κ3) is 11.5. The highest BCUT2D eigenvalue weighted by Crippen LogP contribution is 2.43. The molecule has 15 nitrogen and oxygen atoms in total. The van der Waals surface area contributed by atoms with E-state index in [4.69, 9.17) is 14.5 Å². The Kier molecular flexibility index (Phi) is 15.9. The molecule has 69 heavy (non-hydrogen) atoms. The number of thiazole rings is 1. The van der Waals surface area contributed by atoms with Crippen LogP contribution in [-0.2, 0) is 52.8 Å². The number of cyclic esters (lactones) is 1. The molecule has 0 aliphatic carbocycles. The number of halogens is 4. The molecule has 3 aromatic heterocycles. The Morgan fingerprint density at radius 3 is 2.61 bits per heavy atom. The Bertz CT molecular complexity index is 2600. The van der Waals surface area contributed by atoms with Gasteiger partial charge in [0.05, 0.1) is 50.7 Å². The first-order valence-electron chi connectivity index (χ1n) is 23.1. The van der Waals surface area contributed by atoms with E-state index in [1.54, 1.807) is 49.3 Å². The minimum absolute atomic E-state index is 0.0797. The van der Waals surface area contributed by atoms with Gasteiger partial charge in [-0.1, -0.05) is 62.9 Å². The molecule has 3 aliphatic heterocycles. The molecule has 1 unspecified atom stereocenters. The Balaban J connectivity index is 1.28. The van der Waals surface area contributed by atoms with Crippen LogP contribution in [0.5, 0.6) is 0 Å². The molecule has 372 valence electrons. The van der Waals surface area contributed by atoms with E-state index in [9.17, 15) is 37.1 Å². The average molecular weight is 1090 g/mol. The largest absolute Gasteiger partial charge is 0.464 e. The van der Waals surface area contributed by atoms with Crippen molar-refractivity contribution >= 4 is 74.4 Å². The topological polar surface area (TPSA) is 168 Å². The number of pyridine rings is 1. The van der Waals surface area contributed by atoms with Crippen molar-refractivity contribution in [2.75, 3.05) is 40.4 Å². The summed E-state index contributed by atoms with van der Waals surface area (Å²) in [5.41, 5.74) is 5.74. The first-order chi connectivity index (χ1) is 32.6. The number of carbonyl (C=O) groups excluding carboxylic acids is 5. The summed E-state index contributed by atoms with van der Waals surface area (Å²) in [5, 5.41) is 7.42. The maximum atomic E-state index is 14.7. The number of ether oxygens (including phenoxy) is 2. The minimum Gasteiger partial charge on any atom is -0.464 e. The molecule has 2 saturated heterocycles. The number of nitrogens with one attached hydrogen (secondary N) is 2. The molecule has 2 N–H and O–H groups in total. The summed E-state index contributed by atoms with van der Waals surface area (Å²) in [5.74, 6) is -3.68. The van der Waals surface area contributed by atoms with Gasteiger partial charge in [0.25, 0.3) is 0 Å². The van der Waals surface area contributed by atoms with Gasteiger partial charge in [-0.15, -0.1) is 11.3 Å². The van der Waals surface area contributed by atoms with Crippen LogP contribution in [-0.4, -0.2) is 122 Å². The number of methoxy groups -OCH3 is 1. The highest BCUT2D eigenvalue weighted by Gasteiger charge is 2.42. The lowest BCUT2D eigenvalue weighted by atomic mass is 9.84. The van der Waals surface area contributed by atoms with E-state index in [1.807, 2.05) is 61.7 Å². The number of carbonyl (C=O) groups is 5. The summed E-state index contributed by atoms with van der Waals surface area (Å²) < 4.78 is 56.1. The molecular formula is C49H60F3IN8O7S.